The van der Waals surface area contributed by atoms with Crippen LogP contribution in [0.2, 0.25) is 0 Å². The Balaban J connectivity index is 0.000000317. The van der Waals surface area contributed by atoms with Gasteiger partial charge in [-0.2, -0.15) is 0 Å². The van der Waals surface area contributed by atoms with Crippen molar-refractivity contribution in [2.24, 2.45) is 11.5 Å². The van der Waals surface area contributed by atoms with Crippen LogP contribution in [0.5, 0.6) is 0 Å². The highest BCUT2D eigenvalue weighted by atomic mass is 16.4. The first kappa shape index (κ1) is 12.5. The van der Waals surface area contributed by atoms with Gasteiger partial charge in [-0.1, -0.05) is 36.4 Å². The molecule has 17 heavy (non-hydrogen) atoms. The summed E-state index contributed by atoms with van der Waals surface area (Å²) in [4.78, 5) is 10.8. The smallest absolute Gasteiger partial charge is 0.336 e. The lowest BCUT2D eigenvalue weighted by molar-refractivity contribution is 0.0699. The molecular formula is C12H13N3O2. The highest BCUT2D eigenvalue weighted by Gasteiger charge is 2.05. The van der Waals surface area contributed by atoms with E-state index in [1.165, 1.54) is 0 Å². The maximum Gasteiger partial charge on any atom is 0.336 e. The van der Waals surface area contributed by atoms with Crippen LogP contribution in [-0.4, -0.2) is 17.0 Å². The summed E-state index contributed by atoms with van der Waals surface area (Å²) in [6.07, 6.45) is 0. The van der Waals surface area contributed by atoms with Crippen LogP contribution in [0, 0.1) is 5.41 Å². The summed E-state index contributed by atoms with van der Waals surface area (Å²) in [5.41, 5.74) is 9.30. The number of rotatable bonds is 1. The van der Waals surface area contributed by atoms with E-state index < -0.39 is 5.97 Å². The molecule has 2 aromatic carbocycles. The van der Waals surface area contributed by atoms with E-state index >= 15 is 0 Å². The van der Waals surface area contributed by atoms with Crippen molar-refractivity contribution in [3.63, 3.8) is 0 Å². The fourth-order valence-corrected chi connectivity index (χ4v) is 1.41. The SMILES string of the molecule is N=C(N)N.O=C(O)c1cccc2ccccc12. The molecule has 5 nitrogen and oxygen atoms in total. The Morgan fingerprint density at radius 2 is 1.59 bits per heavy atom. The van der Waals surface area contributed by atoms with Gasteiger partial charge in [0.05, 0.1) is 5.56 Å². The second kappa shape index (κ2) is 5.50. The van der Waals surface area contributed by atoms with Crippen molar-refractivity contribution in [2.45, 2.75) is 0 Å². The number of benzene rings is 2. The van der Waals surface area contributed by atoms with Crippen molar-refractivity contribution in [3.8, 4) is 0 Å². The predicted molar refractivity (Wildman–Crippen MR) is 67.0 cm³/mol. The highest BCUT2D eigenvalue weighted by molar-refractivity contribution is 6.03. The molecule has 0 fully saturated rings. The van der Waals surface area contributed by atoms with Gasteiger partial charge in [-0.05, 0) is 16.8 Å². The van der Waals surface area contributed by atoms with Gasteiger partial charge in [-0.15, -0.1) is 0 Å². The molecule has 0 aliphatic rings. The van der Waals surface area contributed by atoms with Gasteiger partial charge < -0.3 is 16.6 Å². The van der Waals surface area contributed by atoms with Gasteiger partial charge in [-0.25, -0.2) is 4.79 Å². The topological polar surface area (TPSA) is 113 Å². The molecule has 0 saturated carbocycles. The third kappa shape index (κ3) is 3.49. The van der Waals surface area contributed by atoms with Crippen molar-refractivity contribution >= 4 is 22.7 Å². The molecule has 0 saturated heterocycles. The second-order valence-electron chi connectivity index (χ2n) is 3.29. The lowest BCUT2D eigenvalue weighted by Crippen LogP contribution is -2.20. The van der Waals surface area contributed by atoms with Gasteiger partial charge in [-0.3, -0.25) is 5.41 Å². The fourth-order valence-electron chi connectivity index (χ4n) is 1.41. The number of carboxylic acid groups (broad SMARTS) is 1. The molecule has 0 bridgehead atoms. The molecule has 0 unspecified atom stereocenters. The van der Waals surface area contributed by atoms with Gasteiger partial charge >= 0.3 is 5.97 Å². The minimum Gasteiger partial charge on any atom is -0.478 e. The lowest BCUT2D eigenvalue weighted by atomic mass is 10.1. The Labute approximate surface area is 98.2 Å². The van der Waals surface area contributed by atoms with E-state index in [9.17, 15) is 4.79 Å². The van der Waals surface area contributed by atoms with Crippen molar-refractivity contribution in [1.29, 1.82) is 5.41 Å². The molecule has 88 valence electrons. The Morgan fingerprint density at radius 1 is 1.06 bits per heavy atom. The number of aromatic carboxylic acids is 1. The van der Waals surface area contributed by atoms with Crippen LogP contribution in [0.1, 0.15) is 10.4 Å². The van der Waals surface area contributed by atoms with Crippen molar-refractivity contribution in [2.75, 3.05) is 0 Å². The standard InChI is InChI=1S/C11H8O2.CH5N3/c12-11(13)10-7-3-5-8-4-1-2-6-9(8)10;2-1(3)4/h1-7H,(H,12,13);(H5,2,3,4). The lowest BCUT2D eigenvalue weighted by Gasteiger charge is -2.00. The first-order valence-electron chi connectivity index (χ1n) is 4.83. The van der Waals surface area contributed by atoms with Crippen LogP contribution >= 0.6 is 0 Å². The van der Waals surface area contributed by atoms with Gasteiger partial charge in [0.25, 0.3) is 0 Å². The monoisotopic (exact) mass is 231 g/mol. The van der Waals surface area contributed by atoms with Crippen LogP contribution in [-0.2, 0) is 0 Å². The van der Waals surface area contributed by atoms with Gasteiger partial charge in [0, 0.05) is 0 Å². The Hall–Kier alpha value is -2.56. The molecule has 2 aromatic rings. The van der Waals surface area contributed by atoms with Crippen LogP contribution in [0.4, 0.5) is 0 Å². The third-order valence-corrected chi connectivity index (χ3v) is 2.02. The van der Waals surface area contributed by atoms with Gasteiger partial charge in [0.15, 0.2) is 5.96 Å². The third-order valence-electron chi connectivity index (χ3n) is 2.02. The maximum atomic E-state index is 10.8. The normalized spacial score (nSPS) is 9.18. The molecule has 6 N–H and O–H groups in total. The molecule has 0 amide bonds. The molecule has 0 radical (unpaired) electrons. The summed E-state index contributed by atoms with van der Waals surface area (Å²) in [7, 11) is 0. The largest absolute Gasteiger partial charge is 0.478 e. The number of hydrogen-bond acceptors (Lipinski definition) is 2. The van der Waals surface area contributed by atoms with E-state index in [2.05, 4.69) is 11.5 Å². The highest BCUT2D eigenvalue weighted by Crippen LogP contribution is 2.17. The molecule has 0 aliphatic carbocycles. The number of nitrogens with two attached hydrogens (primary N) is 2. The van der Waals surface area contributed by atoms with Crippen LogP contribution in [0.3, 0.4) is 0 Å². The van der Waals surface area contributed by atoms with Gasteiger partial charge in [0.2, 0.25) is 0 Å². The summed E-state index contributed by atoms with van der Waals surface area (Å²) in [5, 5.41) is 16.7. The van der Waals surface area contributed by atoms with E-state index in [4.69, 9.17) is 10.5 Å². The number of carboxylic acids is 1. The summed E-state index contributed by atoms with van der Waals surface area (Å²) in [5.74, 6) is -1.21. The summed E-state index contributed by atoms with van der Waals surface area (Å²) < 4.78 is 0. The summed E-state index contributed by atoms with van der Waals surface area (Å²) in [6.45, 7) is 0. The molecule has 5 heteroatoms. The summed E-state index contributed by atoms with van der Waals surface area (Å²) in [6, 6.07) is 12.7. The average molecular weight is 231 g/mol. The van der Waals surface area contributed by atoms with Gasteiger partial charge in [0.1, 0.15) is 0 Å². The Morgan fingerprint density at radius 3 is 2.18 bits per heavy atom. The van der Waals surface area contributed by atoms with Crippen LogP contribution in [0.25, 0.3) is 10.8 Å². The molecule has 0 heterocycles. The predicted octanol–water partition coefficient (Wildman–Crippen LogP) is 1.38. The molecule has 0 atom stereocenters. The quantitative estimate of drug-likeness (QED) is 0.438. The molecular weight excluding hydrogens is 218 g/mol. The number of nitrogens with one attached hydrogen (secondary N) is 1. The van der Waals surface area contributed by atoms with Crippen molar-refractivity contribution in [3.05, 3.63) is 48.0 Å². The van der Waals surface area contributed by atoms with E-state index in [-0.39, 0.29) is 5.96 Å². The number of carbonyl (C=O) groups is 1. The average Bonchev–Trinajstić information content (AvgIpc) is 2.27. The van der Waals surface area contributed by atoms with E-state index in [0.29, 0.717) is 5.56 Å². The minimum atomic E-state index is -0.878. The number of hydrogen-bond donors (Lipinski definition) is 4. The van der Waals surface area contributed by atoms with E-state index in [1.807, 2.05) is 30.3 Å². The number of fused-ring (bicyclic) bond motifs is 1. The Kier molecular flexibility index (Phi) is 4.05. The van der Waals surface area contributed by atoms with Crippen molar-refractivity contribution in [1.82, 2.24) is 0 Å². The van der Waals surface area contributed by atoms with Crippen molar-refractivity contribution < 1.29 is 9.90 Å². The molecule has 0 spiro atoms. The van der Waals surface area contributed by atoms with Crippen LogP contribution in [0.15, 0.2) is 42.5 Å². The summed E-state index contributed by atoms with van der Waals surface area (Å²) >= 11 is 0. The maximum absolute atomic E-state index is 10.8. The van der Waals surface area contributed by atoms with E-state index in [1.54, 1.807) is 12.1 Å². The zero-order chi connectivity index (χ0) is 12.8. The van der Waals surface area contributed by atoms with E-state index in [0.717, 1.165) is 10.8 Å². The first-order chi connectivity index (χ1) is 8.02. The molecule has 0 aromatic heterocycles. The molecule has 2 rings (SSSR count). The first-order valence-corrected chi connectivity index (χ1v) is 4.83. The second-order valence-corrected chi connectivity index (χ2v) is 3.29. The Bertz CT molecular complexity index is 543. The minimum absolute atomic E-state index is 0.333. The zero-order valence-corrected chi connectivity index (χ0v) is 9.05. The number of guanidine groups is 1. The zero-order valence-electron chi connectivity index (χ0n) is 9.05. The molecule has 0 aliphatic heterocycles. The van der Waals surface area contributed by atoms with Crippen LogP contribution < -0.4 is 11.5 Å². The fraction of sp³-hybridized carbons (Fsp3) is 0.